The van der Waals surface area contributed by atoms with E-state index < -0.39 is 28.3 Å². The number of benzene rings is 1. The highest BCUT2D eigenvalue weighted by Gasteiger charge is 2.30. The summed E-state index contributed by atoms with van der Waals surface area (Å²) in [7, 11) is -0.0489. The zero-order chi connectivity index (χ0) is 18.4. The summed E-state index contributed by atoms with van der Waals surface area (Å²) in [4.78, 5) is 23.6. The molecular formula is C16H21NO7S. The van der Waals surface area contributed by atoms with Gasteiger partial charge >= 0.3 is 5.97 Å². The van der Waals surface area contributed by atoms with Gasteiger partial charge in [0.1, 0.15) is 0 Å². The van der Waals surface area contributed by atoms with Crippen LogP contribution in [0.1, 0.15) is 12.8 Å². The van der Waals surface area contributed by atoms with E-state index in [1.54, 1.807) is 18.2 Å². The average Bonchev–Trinajstić information content (AvgIpc) is 2.91. The van der Waals surface area contributed by atoms with Crippen LogP contribution in [0.2, 0.25) is 0 Å². The Hall–Kier alpha value is -2.29. The highest BCUT2D eigenvalue weighted by atomic mass is 32.2. The first-order chi connectivity index (χ1) is 11.8. The summed E-state index contributed by atoms with van der Waals surface area (Å²) in [5.41, 5.74) is 0.473. The number of hydrogen-bond acceptors (Lipinski definition) is 7. The standard InChI is InChI=1S/C16H21NO7S/c1-22-13-4-3-12(8-14(13)23-2)17-15(18)9-24-16(19)7-11-5-6-25(20,21)10-11/h3-4,8,11H,5-7,9-10H2,1-2H3,(H,17,18)/t11-/m1/s1. The summed E-state index contributed by atoms with van der Waals surface area (Å²) in [5, 5.41) is 2.58. The largest absolute Gasteiger partial charge is 0.493 e. The molecule has 0 radical (unpaired) electrons. The van der Waals surface area contributed by atoms with Crippen LogP contribution in [0, 0.1) is 5.92 Å². The molecule has 0 bridgehead atoms. The van der Waals surface area contributed by atoms with Crippen LogP contribution in [0.15, 0.2) is 18.2 Å². The van der Waals surface area contributed by atoms with Crippen molar-refractivity contribution in [3.8, 4) is 11.5 Å². The summed E-state index contributed by atoms with van der Waals surface area (Å²) in [5.74, 6) is -0.223. The van der Waals surface area contributed by atoms with E-state index in [2.05, 4.69) is 5.32 Å². The molecule has 1 aliphatic heterocycles. The molecule has 1 saturated heterocycles. The minimum absolute atomic E-state index is 0.0000602. The zero-order valence-corrected chi connectivity index (χ0v) is 14.9. The molecule has 0 spiro atoms. The van der Waals surface area contributed by atoms with Gasteiger partial charge < -0.3 is 19.5 Å². The first kappa shape index (κ1) is 19.0. The van der Waals surface area contributed by atoms with E-state index in [9.17, 15) is 18.0 Å². The average molecular weight is 371 g/mol. The molecule has 8 nitrogen and oxygen atoms in total. The topological polar surface area (TPSA) is 108 Å². The van der Waals surface area contributed by atoms with Crippen LogP contribution < -0.4 is 14.8 Å². The molecule has 25 heavy (non-hydrogen) atoms. The lowest BCUT2D eigenvalue weighted by molar-refractivity contribution is -0.148. The van der Waals surface area contributed by atoms with Gasteiger partial charge in [0.05, 0.1) is 25.7 Å². The van der Waals surface area contributed by atoms with Crippen molar-refractivity contribution in [1.29, 1.82) is 0 Å². The fraction of sp³-hybridized carbons (Fsp3) is 0.500. The Morgan fingerprint density at radius 3 is 2.52 bits per heavy atom. The quantitative estimate of drug-likeness (QED) is 0.713. The zero-order valence-electron chi connectivity index (χ0n) is 14.1. The smallest absolute Gasteiger partial charge is 0.306 e. The molecule has 9 heteroatoms. The van der Waals surface area contributed by atoms with Crippen molar-refractivity contribution >= 4 is 27.4 Å². The van der Waals surface area contributed by atoms with E-state index in [1.165, 1.54) is 14.2 Å². The number of esters is 1. The monoisotopic (exact) mass is 371 g/mol. The Bertz CT molecular complexity index is 745. The van der Waals surface area contributed by atoms with Crippen molar-refractivity contribution < 1.29 is 32.2 Å². The van der Waals surface area contributed by atoms with Crippen molar-refractivity contribution in [3.63, 3.8) is 0 Å². The molecule has 2 rings (SSSR count). The Kier molecular flexibility index (Phi) is 6.24. The van der Waals surface area contributed by atoms with E-state index >= 15 is 0 Å². The number of sulfone groups is 1. The molecule has 0 aromatic heterocycles. The number of methoxy groups -OCH3 is 2. The summed E-state index contributed by atoms with van der Waals surface area (Å²) in [6, 6.07) is 4.85. The first-order valence-electron chi connectivity index (χ1n) is 7.71. The molecule has 0 unspecified atom stereocenters. The minimum Gasteiger partial charge on any atom is -0.493 e. The number of ether oxygens (including phenoxy) is 3. The van der Waals surface area contributed by atoms with Crippen LogP contribution in [0.5, 0.6) is 11.5 Å². The van der Waals surface area contributed by atoms with Gasteiger partial charge in [0.2, 0.25) is 0 Å². The van der Waals surface area contributed by atoms with E-state index in [0.717, 1.165) is 0 Å². The van der Waals surface area contributed by atoms with Crippen LogP contribution in [0.4, 0.5) is 5.69 Å². The second-order valence-electron chi connectivity index (χ2n) is 5.75. The van der Waals surface area contributed by atoms with Crippen LogP contribution in [0.3, 0.4) is 0 Å². The van der Waals surface area contributed by atoms with Gasteiger partial charge in [0, 0.05) is 18.2 Å². The molecule has 1 fully saturated rings. The molecule has 1 N–H and O–H groups in total. The highest BCUT2D eigenvalue weighted by molar-refractivity contribution is 7.91. The maximum atomic E-state index is 11.9. The summed E-state index contributed by atoms with van der Waals surface area (Å²) >= 11 is 0. The molecule has 1 aliphatic rings. The lowest BCUT2D eigenvalue weighted by Crippen LogP contribution is -2.22. The normalized spacial score (nSPS) is 18.4. The number of amides is 1. The van der Waals surface area contributed by atoms with Gasteiger partial charge in [0.15, 0.2) is 27.9 Å². The molecule has 138 valence electrons. The second-order valence-corrected chi connectivity index (χ2v) is 7.98. The van der Waals surface area contributed by atoms with Gasteiger partial charge in [-0.25, -0.2) is 8.42 Å². The van der Waals surface area contributed by atoms with Crippen molar-refractivity contribution in [2.45, 2.75) is 12.8 Å². The maximum absolute atomic E-state index is 11.9. The fourth-order valence-electron chi connectivity index (χ4n) is 2.58. The molecule has 1 amide bonds. The Morgan fingerprint density at radius 1 is 1.20 bits per heavy atom. The van der Waals surface area contributed by atoms with Gasteiger partial charge in [0.25, 0.3) is 5.91 Å². The molecular weight excluding hydrogens is 350 g/mol. The van der Waals surface area contributed by atoms with Gasteiger partial charge in [-0.05, 0) is 24.5 Å². The molecule has 1 atom stereocenters. The van der Waals surface area contributed by atoms with Crippen molar-refractivity contribution in [2.24, 2.45) is 5.92 Å². The molecule has 1 aromatic rings. The van der Waals surface area contributed by atoms with Crippen LogP contribution in [-0.4, -0.2) is 52.6 Å². The number of carbonyl (C=O) groups is 2. The van der Waals surface area contributed by atoms with E-state index in [-0.39, 0.29) is 23.8 Å². The number of anilines is 1. The summed E-state index contributed by atoms with van der Waals surface area (Å²) in [6.07, 6.45) is 0.456. The highest BCUT2D eigenvalue weighted by Crippen LogP contribution is 2.29. The summed E-state index contributed by atoms with van der Waals surface area (Å²) in [6.45, 7) is -0.438. The fourth-order valence-corrected chi connectivity index (χ4v) is 4.45. The van der Waals surface area contributed by atoms with Crippen molar-refractivity contribution in [1.82, 2.24) is 0 Å². The number of rotatable bonds is 7. The third-order valence-electron chi connectivity index (χ3n) is 3.81. The van der Waals surface area contributed by atoms with E-state index in [4.69, 9.17) is 14.2 Å². The van der Waals surface area contributed by atoms with Crippen molar-refractivity contribution in [2.75, 3.05) is 37.6 Å². The predicted molar refractivity (Wildman–Crippen MR) is 90.5 cm³/mol. The lowest BCUT2D eigenvalue weighted by atomic mass is 10.1. The lowest BCUT2D eigenvalue weighted by Gasteiger charge is -2.11. The third kappa shape index (κ3) is 5.63. The third-order valence-corrected chi connectivity index (χ3v) is 5.65. The summed E-state index contributed by atoms with van der Waals surface area (Å²) < 4.78 is 37.9. The first-order valence-corrected chi connectivity index (χ1v) is 9.53. The van der Waals surface area contributed by atoms with Gasteiger partial charge in [-0.3, -0.25) is 9.59 Å². The van der Waals surface area contributed by atoms with Gasteiger partial charge in [-0.15, -0.1) is 0 Å². The number of nitrogens with one attached hydrogen (secondary N) is 1. The van der Waals surface area contributed by atoms with Crippen LogP contribution >= 0.6 is 0 Å². The second kappa shape index (κ2) is 8.19. The van der Waals surface area contributed by atoms with Gasteiger partial charge in [-0.2, -0.15) is 0 Å². The predicted octanol–water partition coefficient (Wildman–Crippen LogP) is 1.01. The number of hydrogen-bond donors (Lipinski definition) is 1. The number of carbonyl (C=O) groups excluding carboxylic acids is 2. The molecule has 0 saturated carbocycles. The molecule has 1 aromatic carbocycles. The van der Waals surface area contributed by atoms with E-state index in [0.29, 0.717) is 23.6 Å². The van der Waals surface area contributed by atoms with Crippen LogP contribution in [0.25, 0.3) is 0 Å². The van der Waals surface area contributed by atoms with Crippen LogP contribution in [-0.2, 0) is 24.2 Å². The Balaban J connectivity index is 1.79. The minimum atomic E-state index is -3.03. The molecule has 0 aliphatic carbocycles. The van der Waals surface area contributed by atoms with Crippen molar-refractivity contribution in [3.05, 3.63) is 18.2 Å². The van der Waals surface area contributed by atoms with Gasteiger partial charge in [-0.1, -0.05) is 0 Å². The SMILES string of the molecule is COc1ccc(NC(=O)COC(=O)C[C@H]2CCS(=O)(=O)C2)cc1OC. The van der Waals surface area contributed by atoms with E-state index in [1.807, 2.05) is 0 Å². The molecule has 1 heterocycles. The maximum Gasteiger partial charge on any atom is 0.306 e. The Labute approximate surface area is 146 Å². The Morgan fingerprint density at radius 2 is 1.92 bits per heavy atom.